The quantitative estimate of drug-likeness (QED) is 0.870. The summed E-state index contributed by atoms with van der Waals surface area (Å²) in [6, 6.07) is 14.1. The number of hydrogen-bond acceptors (Lipinski definition) is 2. The van der Waals surface area contributed by atoms with E-state index in [4.69, 9.17) is 10.2 Å². The molecule has 0 fully saturated rings. The van der Waals surface area contributed by atoms with E-state index in [1.54, 1.807) is 12.1 Å². The van der Waals surface area contributed by atoms with Crippen LogP contribution in [0.2, 0.25) is 0 Å². The van der Waals surface area contributed by atoms with Crippen molar-refractivity contribution in [1.29, 1.82) is 0 Å². The summed E-state index contributed by atoms with van der Waals surface area (Å²) in [6.45, 7) is -0.388. The van der Waals surface area contributed by atoms with Gasteiger partial charge in [-0.3, -0.25) is 0 Å². The Bertz CT molecular complexity index is 507. The third kappa shape index (κ3) is 2.58. The molecule has 2 aromatic carbocycles. The predicted octanol–water partition coefficient (Wildman–Crippen LogP) is 2.56. The van der Waals surface area contributed by atoms with E-state index >= 15 is 0 Å². The highest BCUT2D eigenvalue weighted by molar-refractivity contribution is 5.64. The molecule has 0 amide bonds. The van der Waals surface area contributed by atoms with Gasteiger partial charge in [0.25, 0.3) is 0 Å². The lowest BCUT2D eigenvalue weighted by molar-refractivity contribution is 0.192. The third-order valence-electron chi connectivity index (χ3n) is 2.99. The summed E-state index contributed by atoms with van der Waals surface area (Å²) in [7, 11) is 0. The molecule has 0 aliphatic rings. The molecule has 2 aromatic rings. The van der Waals surface area contributed by atoms with Crippen molar-refractivity contribution in [2.45, 2.75) is 5.92 Å². The van der Waals surface area contributed by atoms with Crippen LogP contribution in [0.5, 0.6) is 0 Å². The number of rotatable bonds is 4. The van der Waals surface area contributed by atoms with Gasteiger partial charge in [0.1, 0.15) is 5.82 Å². The van der Waals surface area contributed by atoms with Crippen molar-refractivity contribution in [1.82, 2.24) is 0 Å². The minimum Gasteiger partial charge on any atom is -0.396 e. The van der Waals surface area contributed by atoms with Gasteiger partial charge >= 0.3 is 0 Å². The van der Waals surface area contributed by atoms with E-state index in [0.717, 1.165) is 5.56 Å². The van der Waals surface area contributed by atoms with Crippen LogP contribution in [0.1, 0.15) is 11.5 Å². The van der Waals surface area contributed by atoms with Gasteiger partial charge in [0, 0.05) is 11.5 Å². The molecule has 0 radical (unpaired) electrons. The Morgan fingerprint density at radius 1 is 0.944 bits per heavy atom. The van der Waals surface area contributed by atoms with Crippen LogP contribution in [0.4, 0.5) is 4.39 Å². The SMILES string of the molecule is OCC(CO)c1ccc(-c2ccccc2)c(F)c1. The van der Waals surface area contributed by atoms with Gasteiger partial charge in [-0.15, -0.1) is 0 Å². The fourth-order valence-corrected chi connectivity index (χ4v) is 1.91. The average molecular weight is 246 g/mol. The topological polar surface area (TPSA) is 40.5 Å². The molecule has 0 unspecified atom stereocenters. The van der Waals surface area contributed by atoms with Gasteiger partial charge in [-0.1, -0.05) is 42.5 Å². The zero-order chi connectivity index (χ0) is 13.0. The molecule has 94 valence electrons. The summed E-state index contributed by atoms with van der Waals surface area (Å²) < 4.78 is 14.0. The highest BCUT2D eigenvalue weighted by Crippen LogP contribution is 2.25. The van der Waals surface area contributed by atoms with Crippen molar-refractivity contribution in [2.24, 2.45) is 0 Å². The van der Waals surface area contributed by atoms with Crippen LogP contribution in [-0.4, -0.2) is 23.4 Å². The molecule has 3 heteroatoms. The van der Waals surface area contributed by atoms with Gasteiger partial charge in [0.15, 0.2) is 0 Å². The Morgan fingerprint density at radius 3 is 2.17 bits per heavy atom. The van der Waals surface area contributed by atoms with E-state index in [9.17, 15) is 4.39 Å². The first-order chi connectivity index (χ1) is 8.76. The minimum atomic E-state index is -0.427. The number of aliphatic hydroxyl groups excluding tert-OH is 2. The third-order valence-corrected chi connectivity index (χ3v) is 2.99. The van der Waals surface area contributed by atoms with E-state index in [0.29, 0.717) is 11.1 Å². The molecule has 0 heterocycles. The Kier molecular flexibility index (Phi) is 4.07. The van der Waals surface area contributed by atoms with Crippen LogP contribution in [0.15, 0.2) is 48.5 Å². The van der Waals surface area contributed by atoms with Crippen molar-refractivity contribution in [3.63, 3.8) is 0 Å². The maximum absolute atomic E-state index is 14.0. The summed E-state index contributed by atoms with van der Waals surface area (Å²) in [4.78, 5) is 0. The second kappa shape index (κ2) is 5.76. The zero-order valence-electron chi connectivity index (χ0n) is 9.88. The molecule has 0 bridgehead atoms. The van der Waals surface area contributed by atoms with E-state index < -0.39 is 5.92 Å². The van der Waals surface area contributed by atoms with Crippen molar-refractivity contribution >= 4 is 0 Å². The highest BCUT2D eigenvalue weighted by atomic mass is 19.1. The van der Waals surface area contributed by atoms with Crippen LogP contribution in [-0.2, 0) is 0 Å². The van der Waals surface area contributed by atoms with Gasteiger partial charge in [0.05, 0.1) is 13.2 Å². The van der Waals surface area contributed by atoms with Crippen molar-refractivity contribution in [3.8, 4) is 11.1 Å². The molecule has 2 rings (SSSR count). The fourth-order valence-electron chi connectivity index (χ4n) is 1.91. The number of hydrogen-bond donors (Lipinski definition) is 2. The second-order valence-electron chi connectivity index (χ2n) is 4.17. The highest BCUT2D eigenvalue weighted by Gasteiger charge is 2.12. The molecular weight excluding hydrogens is 231 g/mol. The lowest BCUT2D eigenvalue weighted by Crippen LogP contribution is -2.09. The normalized spacial score (nSPS) is 10.9. The first-order valence-corrected chi connectivity index (χ1v) is 5.83. The van der Waals surface area contributed by atoms with Crippen molar-refractivity contribution < 1.29 is 14.6 Å². The standard InChI is InChI=1S/C15H15FO2/c16-15-8-12(13(9-17)10-18)6-7-14(15)11-4-2-1-3-5-11/h1-8,13,17-18H,9-10H2. The van der Waals surface area contributed by atoms with Crippen molar-refractivity contribution in [2.75, 3.05) is 13.2 Å². The summed E-state index contributed by atoms with van der Waals surface area (Å²) in [5.41, 5.74) is 1.94. The Balaban J connectivity index is 2.37. The van der Waals surface area contributed by atoms with Crippen LogP contribution >= 0.6 is 0 Å². The summed E-state index contributed by atoms with van der Waals surface area (Å²) in [5, 5.41) is 18.1. The van der Waals surface area contributed by atoms with E-state index in [2.05, 4.69) is 0 Å². The van der Waals surface area contributed by atoms with Gasteiger partial charge in [-0.25, -0.2) is 4.39 Å². The van der Waals surface area contributed by atoms with Crippen LogP contribution < -0.4 is 0 Å². The summed E-state index contributed by atoms with van der Waals surface area (Å²) in [6.07, 6.45) is 0. The van der Waals surface area contributed by atoms with Crippen LogP contribution in [0, 0.1) is 5.82 Å². The molecule has 2 N–H and O–H groups in total. The number of halogens is 1. The molecule has 0 aliphatic heterocycles. The van der Waals surface area contributed by atoms with Crippen LogP contribution in [0.25, 0.3) is 11.1 Å². The maximum atomic E-state index is 14.0. The fraction of sp³-hybridized carbons (Fsp3) is 0.200. The summed E-state index contributed by atoms with van der Waals surface area (Å²) >= 11 is 0. The lowest BCUT2D eigenvalue weighted by Gasteiger charge is -2.12. The predicted molar refractivity (Wildman–Crippen MR) is 68.7 cm³/mol. The molecule has 0 atom stereocenters. The van der Waals surface area contributed by atoms with E-state index in [1.165, 1.54) is 6.07 Å². The zero-order valence-corrected chi connectivity index (χ0v) is 9.88. The van der Waals surface area contributed by atoms with Crippen molar-refractivity contribution in [3.05, 3.63) is 59.9 Å². The first kappa shape index (κ1) is 12.7. The van der Waals surface area contributed by atoms with Gasteiger partial charge in [-0.2, -0.15) is 0 Å². The molecule has 0 saturated heterocycles. The van der Waals surface area contributed by atoms with Gasteiger partial charge in [-0.05, 0) is 17.2 Å². The average Bonchev–Trinajstić information content (AvgIpc) is 2.41. The Hall–Kier alpha value is -1.71. The Morgan fingerprint density at radius 2 is 1.61 bits per heavy atom. The number of aliphatic hydroxyl groups is 2. The Labute approximate surface area is 105 Å². The molecule has 2 nitrogen and oxygen atoms in total. The molecule has 0 aliphatic carbocycles. The number of benzene rings is 2. The molecule has 0 aromatic heterocycles. The van der Waals surface area contributed by atoms with Crippen LogP contribution in [0.3, 0.4) is 0 Å². The molecular formula is C15H15FO2. The smallest absolute Gasteiger partial charge is 0.131 e. The van der Waals surface area contributed by atoms with Gasteiger partial charge in [0.2, 0.25) is 0 Å². The first-order valence-electron chi connectivity index (χ1n) is 5.83. The maximum Gasteiger partial charge on any atom is 0.131 e. The molecule has 0 saturated carbocycles. The molecule has 0 spiro atoms. The molecule has 18 heavy (non-hydrogen) atoms. The van der Waals surface area contributed by atoms with E-state index in [-0.39, 0.29) is 19.0 Å². The largest absolute Gasteiger partial charge is 0.396 e. The summed E-state index contributed by atoms with van der Waals surface area (Å²) in [5.74, 6) is -0.769. The monoisotopic (exact) mass is 246 g/mol. The minimum absolute atomic E-state index is 0.194. The second-order valence-corrected chi connectivity index (χ2v) is 4.17. The lowest BCUT2D eigenvalue weighted by atomic mass is 9.97. The van der Waals surface area contributed by atoms with Gasteiger partial charge < -0.3 is 10.2 Å². The van der Waals surface area contributed by atoms with E-state index in [1.807, 2.05) is 30.3 Å².